The average Bonchev–Trinajstić information content (AvgIpc) is 2.45. The van der Waals surface area contributed by atoms with Gasteiger partial charge in [0.15, 0.2) is 0 Å². The number of aliphatic imine (C=N–C) groups is 1. The first-order chi connectivity index (χ1) is 10.0. The first-order valence-corrected chi connectivity index (χ1v) is 8.83. The fourth-order valence-corrected chi connectivity index (χ4v) is 3.36. The van der Waals surface area contributed by atoms with Gasteiger partial charge in [-0.05, 0) is 18.4 Å². The molecule has 0 radical (unpaired) electrons. The highest BCUT2D eigenvalue weighted by Gasteiger charge is 2.16. The molecule has 0 aromatic heterocycles. The number of hydrogen-bond donors (Lipinski definition) is 0. The first-order valence-electron chi connectivity index (χ1n) is 5.87. The Balaban J connectivity index is 2.81. The Bertz CT molecular complexity index is 587. The highest BCUT2D eigenvalue weighted by atomic mass is 35.5. The van der Waals surface area contributed by atoms with Crippen LogP contribution in [0.4, 0.5) is 5.69 Å². The molecule has 112 valence electrons. The van der Waals surface area contributed by atoms with E-state index in [2.05, 4.69) is 4.99 Å². The van der Waals surface area contributed by atoms with Crippen LogP contribution in [0.2, 0.25) is 10.0 Å². The van der Waals surface area contributed by atoms with Crippen molar-refractivity contribution in [3.8, 4) is 6.19 Å². The first kappa shape index (κ1) is 18.2. The van der Waals surface area contributed by atoms with Crippen molar-refractivity contribution in [2.75, 3.05) is 23.5 Å². The summed E-state index contributed by atoms with van der Waals surface area (Å²) in [6.45, 7) is 1.92. The molecule has 0 aliphatic rings. The highest BCUT2D eigenvalue weighted by Crippen LogP contribution is 2.32. The van der Waals surface area contributed by atoms with Gasteiger partial charge >= 0.3 is 0 Å². The molecule has 1 rings (SSSR count). The molecule has 0 fully saturated rings. The van der Waals surface area contributed by atoms with Crippen LogP contribution in [0.5, 0.6) is 0 Å². The van der Waals surface area contributed by atoms with E-state index in [4.69, 9.17) is 28.5 Å². The van der Waals surface area contributed by atoms with Gasteiger partial charge in [-0.25, -0.2) is 0 Å². The number of nitriles is 1. The lowest BCUT2D eigenvalue weighted by Crippen LogP contribution is -2.31. The smallest absolute Gasteiger partial charge is 0.223 e. The van der Waals surface area contributed by atoms with Crippen LogP contribution in [0.3, 0.4) is 0 Å². The second-order valence-electron chi connectivity index (χ2n) is 3.77. The number of anilines is 1. The molecule has 0 atom stereocenters. The fourth-order valence-electron chi connectivity index (χ4n) is 1.55. The molecule has 4 nitrogen and oxygen atoms in total. The van der Waals surface area contributed by atoms with Crippen LogP contribution in [0.1, 0.15) is 6.92 Å². The Labute approximate surface area is 142 Å². The number of benzene rings is 1. The number of amides is 1. The molecule has 1 amide bonds. The SMILES string of the molecule is CSC(=NC#N)SCCN(C(C)=O)c1cccc(Cl)c1Cl. The van der Waals surface area contributed by atoms with Gasteiger partial charge in [-0.3, -0.25) is 4.79 Å². The van der Waals surface area contributed by atoms with Crippen LogP contribution in [0, 0.1) is 11.5 Å². The van der Waals surface area contributed by atoms with Crippen LogP contribution in [0.15, 0.2) is 23.2 Å². The normalized spacial score (nSPS) is 11.1. The van der Waals surface area contributed by atoms with Crippen LogP contribution in [-0.2, 0) is 4.79 Å². The molecule has 0 unspecified atom stereocenters. The molecular formula is C13H13Cl2N3OS2. The van der Waals surface area contributed by atoms with Gasteiger partial charge < -0.3 is 4.90 Å². The molecule has 0 N–H and O–H groups in total. The number of thioether (sulfide) groups is 2. The number of carbonyl (C=O) groups is 1. The zero-order valence-corrected chi connectivity index (χ0v) is 14.6. The number of halogens is 2. The van der Waals surface area contributed by atoms with Crippen molar-refractivity contribution in [2.24, 2.45) is 4.99 Å². The topological polar surface area (TPSA) is 56.5 Å². The van der Waals surface area contributed by atoms with Crippen molar-refractivity contribution in [3.05, 3.63) is 28.2 Å². The quantitative estimate of drug-likeness (QED) is 0.456. The molecule has 0 aliphatic carbocycles. The molecule has 0 spiro atoms. The molecule has 0 heterocycles. The predicted molar refractivity (Wildman–Crippen MR) is 93.5 cm³/mol. The number of rotatable bonds is 4. The van der Waals surface area contributed by atoms with Crippen LogP contribution in [0.25, 0.3) is 0 Å². The third-order valence-electron chi connectivity index (χ3n) is 2.46. The van der Waals surface area contributed by atoms with E-state index in [0.29, 0.717) is 32.4 Å². The lowest BCUT2D eigenvalue weighted by molar-refractivity contribution is -0.116. The maximum Gasteiger partial charge on any atom is 0.223 e. The molecule has 0 aliphatic heterocycles. The Morgan fingerprint density at radius 3 is 2.76 bits per heavy atom. The van der Waals surface area contributed by atoms with Crippen molar-refractivity contribution in [2.45, 2.75) is 6.92 Å². The van der Waals surface area contributed by atoms with Crippen molar-refractivity contribution >= 4 is 62.7 Å². The van der Waals surface area contributed by atoms with Gasteiger partial charge in [0.05, 0.1) is 15.7 Å². The minimum atomic E-state index is -0.123. The Morgan fingerprint density at radius 2 is 2.19 bits per heavy atom. The lowest BCUT2D eigenvalue weighted by atomic mass is 10.3. The van der Waals surface area contributed by atoms with E-state index in [9.17, 15) is 4.79 Å². The van der Waals surface area contributed by atoms with Crippen LogP contribution in [-0.4, -0.2) is 28.8 Å². The summed E-state index contributed by atoms with van der Waals surface area (Å²) < 4.78 is 0.665. The molecule has 0 saturated heterocycles. The molecule has 0 saturated carbocycles. The van der Waals surface area contributed by atoms with Gasteiger partial charge in [-0.1, -0.05) is 41.0 Å². The Kier molecular flexibility index (Phi) is 7.97. The molecule has 8 heteroatoms. The lowest BCUT2D eigenvalue weighted by Gasteiger charge is -2.22. The summed E-state index contributed by atoms with van der Waals surface area (Å²) in [5.74, 6) is 0.478. The summed E-state index contributed by atoms with van der Waals surface area (Å²) in [5, 5.41) is 9.31. The summed E-state index contributed by atoms with van der Waals surface area (Å²) in [6.07, 6.45) is 3.60. The van der Waals surface area contributed by atoms with E-state index in [1.807, 2.05) is 6.26 Å². The van der Waals surface area contributed by atoms with E-state index < -0.39 is 0 Å². The summed E-state index contributed by atoms with van der Waals surface area (Å²) in [7, 11) is 0. The van der Waals surface area contributed by atoms with E-state index >= 15 is 0 Å². The fraction of sp³-hybridized carbons (Fsp3) is 0.308. The Hall–Kier alpha value is -0.870. The minimum Gasteiger partial charge on any atom is -0.310 e. The molecule has 1 aromatic rings. The van der Waals surface area contributed by atoms with E-state index in [0.717, 1.165) is 0 Å². The highest BCUT2D eigenvalue weighted by molar-refractivity contribution is 8.38. The van der Waals surface area contributed by atoms with Crippen LogP contribution >= 0.6 is 46.7 Å². The maximum absolute atomic E-state index is 11.8. The van der Waals surface area contributed by atoms with Crippen molar-refractivity contribution in [1.29, 1.82) is 5.26 Å². The number of carbonyl (C=O) groups excluding carboxylic acids is 1. The average molecular weight is 362 g/mol. The van der Waals surface area contributed by atoms with E-state index in [1.165, 1.54) is 30.4 Å². The molecule has 1 aromatic carbocycles. The van der Waals surface area contributed by atoms with E-state index in [-0.39, 0.29) is 5.91 Å². The van der Waals surface area contributed by atoms with E-state index in [1.54, 1.807) is 29.3 Å². The predicted octanol–water partition coefficient (Wildman–Crippen LogP) is 4.28. The third kappa shape index (κ3) is 5.44. The second-order valence-corrected chi connectivity index (χ2v) is 6.70. The summed E-state index contributed by atoms with van der Waals surface area (Å²) in [4.78, 5) is 17.1. The second kappa shape index (κ2) is 9.21. The molecular weight excluding hydrogens is 349 g/mol. The van der Waals surface area contributed by atoms with Gasteiger partial charge in [0.25, 0.3) is 0 Å². The Morgan fingerprint density at radius 1 is 1.48 bits per heavy atom. The van der Waals surface area contributed by atoms with Crippen molar-refractivity contribution in [3.63, 3.8) is 0 Å². The summed E-state index contributed by atoms with van der Waals surface area (Å²) >= 11 is 14.9. The minimum absolute atomic E-state index is 0.123. The van der Waals surface area contributed by atoms with Crippen molar-refractivity contribution < 1.29 is 4.79 Å². The maximum atomic E-state index is 11.8. The van der Waals surface area contributed by atoms with Gasteiger partial charge in [-0.2, -0.15) is 10.3 Å². The zero-order valence-electron chi connectivity index (χ0n) is 11.5. The number of nitrogens with zero attached hydrogens (tertiary/aromatic N) is 3. The van der Waals surface area contributed by atoms with Gasteiger partial charge in [0.1, 0.15) is 4.38 Å². The van der Waals surface area contributed by atoms with Crippen molar-refractivity contribution in [1.82, 2.24) is 0 Å². The number of hydrogen-bond acceptors (Lipinski definition) is 5. The largest absolute Gasteiger partial charge is 0.310 e. The van der Waals surface area contributed by atoms with Crippen LogP contribution < -0.4 is 4.90 Å². The van der Waals surface area contributed by atoms with Gasteiger partial charge in [-0.15, -0.1) is 11.8 Å². The monoisotopic (exact) mass is 361 g/mol. The van der Waals surface area contributed by atoms with Gasteiger partial charge in [0, 0.05) is 19.2 Å². The van der Waals surface area contributed by atoms with Gasteiger partial charge in [0.2, 0.25) is 12.1 Å². The standard InChI is InChI=1S/C13H13Cl2N3OS2/c1-9(19)18(6-7-21-13(20-2)17-8-16)11-5-3-4-10(14)12(11)15/h3-5H,6-7H2,1-2H3. The summed E-state index contributed by atoms with van der Waals surface area (Å²) in [5.41, 5.74) is 0.584. The zero-order chi connectivity index (χ0) is 15.8. The molecule has 0 bridgehead atoms. The third-order valence-corrected chi connectivity index (χ3v) is 5.29. The molecule has 21 heavy (non-hydrogen) atoms. The summed E-state index contributed by atoms with van der Waals surface area (Å²) in [6, 6.07) is 5.17.